The van der Waals surface area contributed by atoms with Crippen LogP contribution in [0.4, 0.5) is 0 Å². The quantitative estimate of drug-likeness (QED) is 0.470. The molecular weight excluding hydrogens is 454 g/mol. The molecule has 0 bridgehead atoms. The van der Waals surface area contributed by atoms with Crippen LogP contribution in [0.1, 0.15) is 29.2 Å². The molecule has 0 saturated heterocycles. The van der Waals surface area contributed by atoms with E-state index in [4.69, 9.17) is 14.2 Å². The molecule has 34 heavy (non-hydrogen) atoms. The lowest BCUT2D eigenvalue weighted by molar-refractivity contribution is -0.152. The van der Waals surface area contributed by atoms with Gasteiger partial charge in [0.1, 0.15) is 6.61 Å². The van der Waals surface area contributed by atoms with E-state index >= 15 is 0 Å². The first kappa shape index (κ1) is 23.8. The molecule has 3 aromatic rings. The Labute approximate surface area is 199 Å². The van der Waals surface area contributed by atoms with Gasteiger partial charge in [-0.15, -0.1) is 0 Å². The van der Waals surface area contributed by atoms with E-state index < -0.39 is 22.2 Å². The summed E-state index contributed by atoms with van der Waals surface area (Å²) >= 11 is 0. The van der Waals surface area contributed by atoms with Crippen LogP contribution in [0.15, 0.2) is 71.6 Å². The van der Waals surface area contributed by atoms with Gasteiger partial charge in [-0.25, -0.2) is 8.42 Å². The second kappa shape index (κ2) is 9.87. The van der Waals surface area contributed by atoms with Gasteiger partial charge in [-0.2, -0.15) is 4.31 Å². The minimum absolute atomic E-state index is 0.0230. The molecule has 1 aliphatic rings. The fraction of sp³-hybridized carbons (Fsp3) is 0.269. The molecule has 0 spiro atoms. The first-order valence-corrected chi connectivity index (χ1v) is 12.3. The molecule has 0 N–H and O–H groups in total. The van der Waals surface area contributed by atoms with Crippen LogP contribution in [0, 0.1) is 6.92 Å². The van der Waals surface area contributed by atoms with E-state index in [-0.39, 0.29) is 17.9 Å². The van der Waals surface area contributed by atoms with Crippen LogP contribution in [-0.2, 0) is 39.1 Å². The van der Waals surface area contributed by atoms with Crippen LogP contribution in [0.5, 0.6) is 11.5 Å². The van der Waals surface area contributed by atoms with Crippen molar-refractivity contribution in [2.45, 2.75) is 44.5 Å². The first-order valence-electron chi connectivity index (χ1n) is 10.9. The third kappa shape index (κ3) is 4.93. The number of nitrogens with zero attached hydrogens (tertiary/aromatic N) is 1. The van der Waals surface area contributed by atoms with Gasteiger partial charge in [0.2, 0.25) is 10.0 Å². The lowest BCUT2D eigenvalue weighted by Gasteiger charge is -2.36. The fourth-order valence-corrected chi connectivity index (χ4v) is 5.46. The number of aryl methyl sites for hydroxylation is 1. The molecule has 178 valence electrons. The van der Waals surface area contributed by atoms with Crippen LogP contribution < -0.4 is 9.47 Å². The van der Waals surface area contributed by atoms with Gasteiger partial charge in [-0.1, -0.05) is 54.1 Å². The van der Waals surface area contributed by atoms with Crippen molar-refractivity contribution in [1.82, 2.24) is 4.31 Å². The zero-order valence-electron chi connectivity index (χ0n) is 19.4. The Balaban J connectivity index is 1.75. The SMILES string of the molecule is COc1ccc2c(c1OCc1ccccc1)CN(S(=O)(=O)c1ccc(C)cc1)C(OC(C)=O)C2. The molecule has 0 fully saturated rings. The number of carbonyl (C=O) groups excluding carboxylic acids is 1. The Morgan fingerprint density at radius 1 is 1.03 bits per heavy atom. The van der Waals surface area contributed by atoms with Gasteiger partial charge in [0, 0.05) is 25.5 Å². The number of hydrogen-bond donors (Lipinski definition) is 0. The summed E-state index contributed by atoms with van der Waals surface area (Å²) in [6.45, 7) is 3.43. The summed E-state index contributed by atoms with van der Waals surface area (Å²) in [5.74, 6) is 0.439. The Hall–Kier alpha value is -3.36. The fourth-order valence-electron chi connectivity index (χ4n) is 3.99. The minimum Gasteiger partial charge on any atom is -0.493 e. The second-order valence-electron chi connectivity index (χ2n) is 8.14. The zero-order chi connectivity index (χ0) is 24.3. The molecule has 7 nitrogen and oxygen atoms in total. The Morgan fingerprint density at radius 3 is 2.38 bits per heavy atom. The predicted molar refractivity (Wildman–Crippen MR) is 127 cm³/mol. The van der Waals surface area contributed by atoms with E-state index in [1.807, 2.05) is 43.3 Å². The first-order chi connectivity index (χ1) is 16.3. The normalized spacial score (nSPS) is 15.9. The van der Waals surface area contributed by atoms with Gasteiger partial charge in [0.25, 0.3) is 0 Å². The predicted octanol–water partition coefficient (Wildman–Crippen LogP) is 4.22. The highest BCUT2D eigenvalue weighted by atomic mass is 32.2. The summed E-state index contributed by atoms with van der Waals surface area (Å²) in [6.07, 6.45) is -0.766. The van der Waals surface area contributed by atoms with Crippen molar-refractivity contribution in [2.24, 2.45) is 0 Å². The molecular formula is C26H27NO6S. The van der Waals surface area contributed by atoms with Crippen molar-refractivity contribution in [3.63, 3.8) is 0 Å². The van der Waals surface area contributed by atoms with E-state index in [9.17, 15) is 13.2 Å². The van der Waals surface area contributed by atoms with E-state index in [0.717, 1.165) is 16.7 Å². The van der Waals surface area contributed by atoms with Crippen LogP contribution >= 0.6 is 0 Å². The highest BCUT2D eigenvalue weighted by molar-refractivity contribution is 7.89. The number of ether oxygens (including phenoxy) is 3. The summed E-state index contributed by atoms with van der Waals surface area (Å²) in [6, 6.07) is 19.9. The number of benzene rings is 3. The molecule has 0 amide bonds. The number of methoxy groups -OCH3 is 1. The molecule has 1 atom stereocenters. The smallest absolute Gasteiger partial charge is 0.304 e. The average Bonchev–Trinajstić information content (AvgIpc) is 2.82. The maximum Gasteiger partial charge on any atom is 0.304 e. The monoisotopic (exact) mass is 481 g/mol. The molecule has 0 saturated carbocycles. The molecule has 1 heterocycles. The number of fused-ring (bicyclic) bond motifs is 1. The molecule has 3 aromatic carbocycles. The van der Waals surface area contributed by atoms with Crippen molar-refractivity contribution >= 4 is 16.0 Å². The molecule has 1 aliphatic heterocycles. The van der Waals surface area contributed by atoms with Crippen LogP contribution in [0.3, 0.4) is 0 Å². The molecule has 1 unspecified atom stereocenters. The third-order valence-corrected chi connectivity index (χ3v) is 7.58. The molecule has 4 rings (SSSR count). The largest absolute Gasteiger partial charge is 0.493 e. The number of sulfonamides is 1. The second-order valence-corrected chi connectivity index (χ2v) is 10.0. The summed E-state index contributed by atoms with van der Waals surface area (Å²) < 4.78 is 45.6. The average molecular weight is 482 g/mol. The summed E-state index contributed by atoms with van der Waals surface area (Å²) in [4.78, 5) is 11.9. The van der Waals surface area contributed by atoms with E-state index in [0.29, 0.717) is 23.7 Å². The Bertz CT molecular complexity index is 1270. The Morgan fingerprint density at radius 2 is 1.74 bits per heavy atom. The van der Waals surface area contributed by atoms with Gasteiger partial charge in [0.05, 0.1) is 12.0 Å². The highest BCUT2D eigenvalue weighted by Crippen LogP contribution is 2.40. The summed E-state index contributed by atoms with van der Waals surface area (Å²) in [5.41, 5.74) is 3.44. The van der Waals surface area contributed by atoms with Crippen LogP contribution in [0.25, 0.3) is 0 Å². The lowest BCUT2D eigenvalue weighted by atomic mass is 9.98. The van der Waals surface area contributed by atoms with Crippen LogP contribution in [0.2, 0.25) is 0 Å². The van der Waals surface area contributed by atoms with Gasteiger partial charge < -0.3 is 14.2 Å². The highest BCUT2D eigenvalue weighted by Gasteiger charge is 2.39. The number of esters is 1. The van der Waals surface area contributed by atoms with Gasteiger partial charge in [-0.3, -0.25) is 4.79 Å². The standard InChI is InChI=1S/C26H27NO6S/c1-18-9-12-22(13-10-18)34(29,30)27-16-23-21(15-25(27)33-19(2)28)11-14-24(31-3)26(23)32-17-20-7-5-4-6-8-20/h4-14,25H,15-17H2,1-3H3. The van der Waals surface area contributed by atoms with Crippen molar-refractivity contribution in [1.29, 1.82) is 0 Å². The molecule has 0 aliphatic carbocycles. The number of rotatable bonds is 7. The zero-order valence-corrected chi connectivity index (χ0v) is 20.2. The summed E-state index contributed by atoms with van der Waals surface area (Å²) in [7, 11) is -2.42. The van der Waals surface area contributed by atoms with Crippen molar-refractivity contribution < 1.29 is 27.4 Å². The van der Waals surface area contributed by atoms with E-state index in [1.165, 1.54) is 11.2 Å². The van der Waals surface area contributed by atoms with Gasteiger partial charge in [0.15, 0.2) is 17.7 Å². The lowest BCUT2D eigenvalue weighted by Crippen LogP contribution is -2.46. The van der Waals surface area contributed by atoms with E-state index in [2.05, 4.69) is 0 Å². The number of carbonyl (C=O) groups is 1. The maximum atomic E-state index is 13.6. The van der Waals surface area contributed by atoms with Crippen molar-refractivity contribution in [3.05, 3.63) is 89.0 Å². The van der Waals surface area contributed by atoms with Gasteiger partial charge >= 0.3 is 5.97 Å². The molecule has 8 heteroatoms. The third-order valence-electron chi connectivity index (χ3n) is 5.73. The topological polar surface area (TPSA) is 82.1 Å². The minimum atomic E-state index is -3.96. The van der Waals surface area contributed by atoms with Gasteiger partial charge in [-0.05, 0) is 36.2 Å². The number of hydrogen-bond acceptors (Lipinski definition) is 6. The van der Waals surface area contributed by atoms with Crippen LogP contribution in [-0.4, -0.2) is 32.0 Å². The van der Waals surface area contributed by atoms with Crippen molar-refractivity contribution in [2.75, 3.05) is 7.11 Å². The maximum absolute atomic E-state index is 13.6. The Kier molecular flexibility index (Phi) is 6.90. The summed E-state index contributed by atoms with van der Waals surface area (Å²) in [5, 5.41) is 0. The molecule has 0 aromatic heterocycles. The van der Waals surface area contributed by atoms with Crippen molar-refractivity contribution in [3.8, 4) is 11.5 Å². The molecule has 0 radical (unpaired) electrons. The van der Waals surface area contributed by atoms with E-state index in [1.54, 1.807) is 37.4 Å².